The first kappa shape index (κ1) is 12.9. The average molecular weight is 238 g/mol. The van der Waals surface area contributed by atoms with Crippen molar-refractivity contribution in [1.29, 1.82) is 0 Å². The lowest BCUT2D eigenvalue weighted by Gasteiger charge is -2.28. The summed E-state index contributed by atoms with van der Waals surface area (Å²) in [5.41, 5.74) is -0.0257. The summed E-state index contributed by atoms with van der Waals surface area (Å²) in [7, 11) is 0. The Morgan fingerprint density at radius 2 is 2.12 bits per heavy atom. The molecule has 1 saturated heterocycles. The third kappa shape index (κ3) is 3.01. The number of hydrogen-bond acceptors (Lipinski definition) is 2. The molecule has 2 N–H and O–H groups in total. The summed E-state index contributed by atoms with van der Waals surface area (Å²) in [5.74, 6) is 0.964. The van der Waals surface area contributed by atoms with Crippen molar-refractivity contribution in [2.75, 3.05) is 19.6 Å². The van der Waals surface area contributed by atoms with Crippen LogP contribution in [0.15, 0.2) is 0 Å². The van der Waals surface area contributed by atoms with Gasteiger partial charge in [0.2, 0.25) is 5.91 Å². The topological polar surface area (TPSA) is 41.1 Å². The van der Waals surface area contributed by atoms with Crippen molar-refractivity contribution in [2.24, 2.45) is 11.3 Å². The molecule has 0 unspecified atom stereocenters. The quantitative estimate of drug-likeness (QED) is 0.787. The number of rotatable bonds is 4. The highest BCUT2D eigenvalue weighted by Gasteiger charge is 2.39. The molecule has 0 bridgehead atoms. The third-order valence-corrected chi connectivity index (χ3v) is 4.67. The molecule has 1 amide bonds. The minimum absolute atomic E-state index is 0.0257. The molecule has 0 radical (unpaired) electrons. The van der Waals surface area contributed by atoms with Crippen LogP contribution < -0.4 is 10.6 Å². The molecule has 0 aromatic heterocycles. The summed E-state index contributed by atoms with van der Waals surface area (Å²) in [6.07, 6.45) is 8.16. The van der Waals surface area contributed by atoms with Crippen molar-refractivity contribution < 1.29 is 4.79 Å². The average Bonchev–Trinajstić information content (AvgIpc) is 2.87. The number of amides is 1. The third-order valence-electron chi connectivity index (χ3n) is 4.67. The van der Waals surface area contributed by atoms with Crippen molar-refractivity contribution in [2.45, 2.75) is 51.9 Å². The Morgan fingerprint density at radius 3 is 2.71 bits per heavy atom. The summed E-state index contributed by atoms with van der Waals surface area (Å²) in [5, 5.41) is 6.61. The van der Waals surface area contributed by atoms with Gasteiger partial charge in [-0.3, -0.25) is 4.79 Å². The van der Waals surface area contributed by atoms with Crippen LogP contribution in [0.4, 0.5) is 0 Å². The van der Waals surface area contributed by atoms with Gasteiger partial charge < -0.3 is 10.6 Å². The van der Waals surface area contributed by atoms with E-state index in [-0.39, 0.29) is 5.41 Å². The fraction of sp³-hybridized carbons (Fsp3) is 0.929. The molecular weight excluding hydrogens is 212 g/mol. The van der Waals surface area contributed by atoms with Crippen LogP contribution in [0, 0.1) is 11.3 Å². The van der Waals surface area contributed by atoms with Crippen LogP contribution in [0.2, 0.25) is 0 Å². The fourth-order valence-corrected chi connectivity index (χ4v) is 3.32. The van der Waals surface area contributed by atoms with Gasteiger partial charge in [0.15, 0.2) is 0 Å². The molecular formula is C14H26N2O. The number of nitrogens with one attached hydrogen (secondary N) is 2. The molecule has 0 spiro atoms. The van der Waals surface area contributed by atoms with Gasteiger partial charge in [0, 0.05) is 12.0 Å². The highest BCUT2D eigenvalue weighted by molar-refractivity contribution is 5.82. The van der Waals surface area contributed by atoms with E-state index in [0.717, 1.165) is 38.9 Å². The van der Waals surface area contributed by atoms with Gasteiger partial charge in [0.25, 0.3) is 0 Å². The van der Waals surface area contributed by atoms with E-state index >= 15 is 0 Å². The molecule has 2 fully saturated rings. The van der Waals surface area contributed by atoms with E-state index < -0.39 is 0 Å². The Balaban J connectivity index is 1.79. The molecule has 2 rings (SSSR count). The number of carbonyl (C=O) groups excluding carboxylic acids is 1. The maximum atomic E-state index is 12.3. The predicted octanol–water partition coefficient (Wildman–Crippen LogP) is 2.07. The van der Waals surface area contributed by atoms with Crippen molar-refractivity contribution in [1.82, 2.24) is 10.6 Å². The SMILES string of the molecule is CCC1(C(=O)NC[C@@H]2CCCNC2)CCCC1. The van der Waals surface area contributed by atoms with E-state index in [9.17, 15) is 4.79 Å². The number of piperidine rings is 1. The lowest BCUT2D eigenvalue weighted by atomic mass is 9.82. The highest BCUT2D eigenvalue weighted by Crippen LogP contribution is 2.41. The zero-order valence-electron chi connectivity index (χ0n) is 11.1. The summed E-state index contributed by atoms with van der Waals surface area (Å²) in [6, 6.07) is 0. The Kier molecular flexibility index (Phi) is 4.43. The first-order valence-electron chi connectivity index (χ1n) is 7.26. The maximum absolute atomic E-state index is 12.3. The van der Waals surface area contributed by atoms with Crippen LogP contribution in [-0.4, -0.2) is 25.5 Å². The first-order valence-corrected chi connectivity index (χ1v) is 7.26. The second kappa shape index (κ2) is 5.85. The normalized spacial score (nSPS) is 27.9. The standard InChI is InChI=1S/C14H26N2O/c1-2-14(7-3-4-8-14)13(17)16-11-12-6-5-9-15-10-12/h12,15H,2-11H2,1H3,(H,16,17)/t12-/m1/s1. The Hall–Kier alpha value is -0.570. The van der Waals surface area contributed by atoms with Gasteiger partial charge in [-0.25, -0.2) is 0 Å². The second-order valence-electron chi connectivity index (χ2n) is 5.76. The number of carbonyl (C=O) groups is 1. The van der Waals surface area contributed by atoms with Gasteiger partial charge >= 0.3 is 0 Å². The molecule has 1 heterocycles. The molecule has 17 heavy (non-hydrogen) atoms. The molecule has 1 aliphatic carbocycles. The molecule has 3 nitrogen and oxygen atoms in total. The highest BCUT2D eigenvalue weighted by atomic mass is 16.2. The Bertz CT molecular complexity index is 253. The van der Waals surface area contributed by atoms with Gasteiger partial charge in [-0.2, -0.15) is 0 Å². The van der Waals surface area contributed by atoms with E-state index in [2.05, 4.69) is 17.6 Å². The van der Waals surface area contributed by atoms with Crippen molar-refractivity contribution in [3.63, 3.8) is 0 Å². The molecule has 0 aromatic rings. The van der Waals surface area contributed by atoms with Gasteiger partial charge in [0.1, 0.15) is 0 Å². The van der Waals surface area contributed by atoms with Crippen molar-refractivity contribution >= 4 is 5.91 Å². The summed E-state index contributed by atoms with van der Waals surface area (Å²) in [4.78, 5) is 12.3. The van der Waals surface area contributed by atoms with Crippen LogP contribution >= 0.6 is 0 Å². The molecule has 0 aromatic carbocycles. The molecule has 1 aliphatic heterocycles. The molecule has 1 atom stereocenters. The van der Waals surface area contributed by atoms with Crippen LogP contribution in [-0.2, 0) is 4.79 Å². The van der Waals surface area contributed by atoms with Crippen LogP contribution in [0.5, 0.6) is 0 Å². The van der Waals surface area contributed by atoms with Crippen LogP contribution in [0.1, 0.15) is 51.9 Å². The maximum Gasteiger partial charge on any atom is 0.226 e. The lowest BCUT2D eigenvalue weighted by molar-refractivity contribution is -0.131. The van der Waals surface area contributed by atoms with Crippen LogP contribution in [0.25, 0.3) is 0 Å². The van der Waals surface area contributed by atoms with Gasteiger partial charge in [-0.05, 0) is 51.1 Å². The monoisotopic (exact) mass is 238 g/mol. The smallest absolute Gasteiger partial charge is 0.226 e. The van der Waals surface area contributed by atoms with E-state index in [4.69, 9.17) is 0 Å². The fourth-order valence-electron chi connectivity index (χ4n) is 3.32. The Labute approximate surface area is 105 Å². The Morgan fingerprint density at radius 1 is 1.35 bits per heavy atom. The van der Waals surface area contributed by atoms with E-state index in [1.165, 1.54) is 25.7 Å². The minimum Gasteiger partial charge on any atom is -0.355 e. The van der Waals surface area contributed by atoms with Gasteiger partial charge in [-0.15, -0.1) is 0 Å². The minimum atomic E-state index is -0.0257. The van der Waals surface area contributed by atoms with E-state index in [1.807, 2.05) is 0 Å². The first-order chi connectivity index (χ1) is 8.27. The van der Waals surface area contributed by atoms with E-state index in [0.29, 0.717) is 11.8 Å². The summed E-state index contributed by atoms with van der Waals surface area (Å²) >= 11 is 0. The number of hydrogen-bond donors (Lipinski definition) is 2. The second-order valence-corrected chi connectivity index (χ2v) is 5.76. The lowest BCUT2D eigenvalue weighted by Crippen LogP contribution is -2.43. The zero-order chi connectivity index (χ0) is 12.1. The van der Waals surface area contributed by atoms with Crippen molar-refractivity contribution in [3.8, 4) is 0 Å². The van der Waals surface area contributed by atoms with Crippen LogP contribution in [0.3, 0.4) is 0 Å². The predicted molar refractivity (Wildman–Crippen MR) is 69.8 cm³/mol. The summed E-state index contributed by atoms with van der Waals surface area (Å²) < 4.78 is 0. The molecule has 1 saturated carbocycles. The van der Waals surface area contributed by atoms with Gasteiger partial charge in [-0.1, -0.05) is 19.8 Å². The van der Waals surface area contributed by atoms with Crippen molar-refractivity contribution in [3.05, 3.63) is 0 Å². The molecule has 3 heteroatoms. The summed E-state index contributed by atoms with van der Waals surface area (Å²) in [6.45, 7) is 5.24. The molecule has 2 aliphatic rings. The van der Waals surface area contributed by atoms with E-state index in [1.54, 1.807) is 0 Å². The zero-order valence-corrected chi connectivity index (χ0v) is 11.1. The largest absolute Gasteiger partial charge is 0.355 e. The molecule has 98 valence electrons. The van der Waals surface area contributed by atoms with Gasteiger partial charge in [0.05, 0.1) is 0 Å².